The highest BCUT2D eigenvalue weighted by molar-refractivity contribution is 5.78. The maximum absolute atomic E-state index is 13.8. The third-order valence-corrected chi connectivity index (χ3v) is 4.44. The van der Waals surface area contributed by atoms with E-state index in [9.17, 15) is 13.6 Å². The standard InChI is InChI=1S/C16H21F2N3O/c17-13-3-4-15(14(18)11-13)20-9-7-19(8-10-20)12-16(22)21-5-1-2-6-21/h3-4,11H,1-2,5-10,12H2. The molecule has 6 heteroatoms. The molecule has 0 aromatic heterocycles. The highest BCUT2D eigenvalue weighted by atomic mass is 19.1. The van der Waals surface area contributed by atoms with Gasteiger partial charge in [0.2, 0.25) is 5.91 Å². The van der Waals surface area contributed by atoms with E-state index >= 15 is 0 Å². The Morgan fingerprint density at radius 1 is 1.00 bits per heavy atom. The summed E-state index contributed by atoms with van der Waals surface area (Å²) < 4.78 is 26.7. The van der Waals surface area contributed by atoms with Gasteiger partial charge < -0.3 is 9.80 Å². The van der Waals surface area contributed by atoms with Crippen LogP contribution in [0.1, 0.15) is 12.8 Å². The van der Waals surface area contributed by atoms with Crippen molar-refractivity contribution in [1.82, 2.24) is 9.80 Å². The molecule has 2 fully saturated rings. The van der Waals surface area contributed by atoms with E-state index in [-0.39, 0.29) is 5.91 Å². The number of carbonyl (C=O) groups excluding carboxylic acids is 1. The number of amides is 1. The molecule has 22 heavy (non-hydrogen) atoms. The Kier molecular flexibility index (Phi) is 4.57. The van der Waals surface area contributed by atoms with Crippen molar-refractivity contribution in [1.29, 1.82) is 0 Å². The van der Waals surface area contributed by atoms with Gasteiger partial charge in [-0.3, -0.25) is 9.69 Å². The van der Waals surface area contributed by atoms with Crippen LogP contribution in [0.3, 0.4) is 0 Å². The summed E-state index contributed by atoms with van der Waals surface area (Å²) in [5.41, 5.74) is 0.437. The van der Waals surface area contributed by atoms with E-state index in [1.54, 1.807) is 0 Å². The molecule has 120 valence electrons. The van der Waals surface area contributed by atoms with Gasteiger partial charge in [0.1, 0.15) is 11.6 Å². The number of hydrogen-bond acceptors (Lipinski definition) is 3. The van der Waals surface area contributed by atoms with Crippen molar-refractivity contribution in [3.8, 4) is 0 Å². The molecule has 2 aliphatic heterocycles. The molecule has 0 radical (unpaired) electrons. The number of halogens is 2. The quantitative estimate of drug-likeness (QED) is 0.850. The minimum Gasteiger partial charge on any atom is -0.367 e. The molecule has 2 aliphatic rings. The molecule has 1 amide bonds. The lowest BCUT2D eigenvalue weighted by atomic mass is 10.2. The minimum absolute atomic E-state index is 0.193. The number of anilines is 1. The summed E-state index contributed by atoms with van der Waals surface area (Å²) in [6.07, 6.45) is 2.20. The summed E-state index contributed by atoms with van der Waals surface area (Å²) in [6.45, 7) is 4.93. The highest BCUT2D eigenvalue weighted by Crippen LogP contribution is 2.21. The molecular weight excluding hydrogens is 288 g/mol. The van der Waals surface area contributed by atoms with Gasteiger partial charge in [-0.25, -0.2) is 8.78 Å². The second-order valence-corrected chi connectivity index (χ2v) is 5.95. The normalized spacial score (nSPS) is 19.7. The van der Waals surface area contributed by atoms with Gasteiger partial charge in [0.05, 0.1) is 12.2 Å². The second-order valence-electron chi connectivity index (χ2n) is 5.95. The Balaban J connectivity index is 1.52. The molecule has 0 spiro atoms. The third-order valence-electron chi connectivity index (χ3n) is 4.44. The molecule has 0 bridgehead atoms. The Bertz CT molecular complexity index is 538. The van der Waals surface area contributed by atoms with E-state index in [1.165, 1.54) is 12.1 Å². The fourth-order valence-electron chi connectivity index (χ4n) is 3.14. The summed E-state index contributed by atoms with van der Waals surface area (Å²) in [5, 5.41) is 0. The first kappa shape index (κ1) is 15.2. The molecule has 0 aliphatic carbocycles. The lowest BCUT2D eigenvalue weighted by Crippen LogP contribution is -2.50. The molecule has 0 saturated carbocycles. The van der Waals surface area contributed by atoms with Crippen LogP contribution in [0.5, 0.6) is 0 Å². The molecule has 1 aromatic rings. The van der Waals surface area contributed by atoms with Crippen LogP contribution in [-0.4, -0.2) is 61.5 Å². The van der Waals surface area contributed by atoms with Crippen molar-refractivity contribution in [2.75, 3.05) is 50.7 Å². The average molecular weight is 309 g/mol. The van der Waals surface area contributed by atoms with Gasteiger partial charge in [0.25, 0.3) is 0 Å². The molecular formula is C16H21F2N3O. The van der Waals surface area contributed by atoms with Crippen LogP contribution < -0.4 is 4.90 Å². The van der Waals surface area contributed by atoms with Gasteiger partial charge in [0, 0.05) is 45.3 Å². The smallest absolute Gasteiger partial charge is 0.236 e. The average Bonchev–Trinajstić information content (AvgIpc) is 3.03. The van der Waals surface area contributed by atoms with E-state index in [2.05, 4.69) is 4.90 Å². The van der Waals surface area contributed by atoms with Crippen LogP contribution in [0.15, 0.2) is 18.2 Å². The van der Waals surface area contributed by atoms with Gasteiger partial charge in [0.15, 0.2) is 0 Å². The Hall–Kier alpha value is -1.69. The first-order chi connectivity index (χ1) is 10.6. The lowest BCUT2D eigenvalue weighted by Gasteiger charge is -2.36. The van der Waals surface area contributed by atoms with Crippen molar-refractivity contribution in [3.63, 3.8) is 0 Å². The Morgan fingerprint density at radius 2 is 1.68 bits per heavy atom. The minimum atomic E-state index is -0.559. The molecule has 0 atom stereocenters. The maximum atomic E-state index is 13.8. The summed E-state index contributed by atoms with van der Waals surface area (Å²) in [5.74, 6) is -0.892. The number of rotatable bonds is 3. The van der Waals surface area contributed by atoms with Crippen LogP contribution in [-0.2, 0) is 4.79 Å². The van der Waals surface area contributed by atoms with E-state index in [0.29, 0.717) is 25.3 Å². The molecule has 1 aromatic carbocycles. The van der Waals surface area contributed by atoms with Crippen LogP contribution in [0.4, 0.5) is 14.5 Å². The monoisotopic (exact) mass is 309 g/mol. The Morgan fingerprint density at radius 3 is 2.32 bits per heavy atom. The summed E-state index contributed by atoms with van der Waals surface area (Å²) in [6, 6.07) is 3.68. The molecule has 0 unspecified atom stereocenters. The third kappa shape index (κ3) is 3.38. The SMILES string of the molecule is O=C(CN1CCN(c2ccc(F)cc2F)CC1)N1CCCC1. The van der Waals surface area contributed by atoms with Crippen molar-refractivity contribution in [2.24, 2.45) is 0 Å². The lowest BCUT2D eigenvalue weighted by molar-refractivity contribution is -0.131. The zero-order chi connectivity index (χ0) is 15.5. The number of benzene rings is 1. The van der Waals surface area contributed by atoms with Gasteiger partial charge >= 0.3 is 0 Å². The number of carbonyl (C=O) groups is 1. The molecule has 4 nitrogen and oxygen atoms in total. The maximum Gasteiger partial charge on any atom is 0.236 e. The first-order valence-electron chi connectivity index (χ1n) is 7.83. The zero-order valence-corrected chi connectivity index (χ0v) is 12.6. The van der Waals surface area contributed by atoms with E-state index < -0.39 is 11.6 Å². The van der Waals surface area contributed by atoms with Crippen molar-refractivity contribution < 1.29 is 13.6 Å². The fourth-order valence-corrected chi connectivity index (χ4v) is 3.14. The van der Waals surface area contributed by atoms with Crippen LogP contribution in [0.2, 0.25) is 0 Å². The second kappa shape index (κ2) is 6.60. The van der Waals surface area contributed by atoms with Gasteiger partial charge in [-0.2, -0.15) is 0 Å². The van der Waals surface area contributed by atoms with Gasteiger partial charge in [-0.05, 0) is 25.0 Å². The highest BCUT2D eigenvalue weighted by Gasteiger charge is 2.24. The summed E-state index contributed by atoms with van der Waals surface area (Å²) >= 11 is 0. The zero-order valence-electron chi connectivity index (χ0n) is 12.6. The largest absolute Gasteiger partial charge is 0.367 e. The first-order valence-corrected chi connectivity index (χ1v) is 7.83. The summed E-state index contributed by atoms with van der Waals surface area (Å²) in [7, 11) is 0. The topological polar surface area (TPSA) is 26.8 Å². The predicted molar refractivity (Wildman–Crippen MR) is 80.8 cm³/mol. The van der Waals surface area contributed by atoms with E-state index in [0.717, 1.165) is 45.1 Å². The van der Waals surface area contributed by atoms with Crippen LogP contribution >= 0.6 is 0 Å². The van der Waals surface area contributed by atoms with Crippen LogP contribution in [0.25, 0.3) is 0 Å². The number of likely N-dealkylation sites (tertiary alicyclic amines) is 1. The van der Waals surface area contributed by atoms with Crippen LogP contribution in [0, 0.1) is 11.6 Å². The molecule has 2 heterocycles. The molecule has 3 rings (SSSR count). The van der Waals surface area contributed by atoms with Gasteiger partial charge in [-0.1, -0.05) is 0 Å². The number of piperazine rings is 1. The van der Waals surface area contributed by atoms with E-state index in [4.69, 9.17) is 0 Å². The van der Waals surface area contributed by atoms with Crippen molar-refractivity contribution in [2.45, 2.75) is 12.8 Å². The Labute approximate surface area is 129 Å². The summed E-state index contributed by atoms with van der Waals surface area (Å²) in [4.78, 5) is 18.1. The molecule has 2 saturated heterocycles. The van der Waals surface area contributed by atoms with Crippen molar-refractivity contribution in [3.05, 3.63) is 29.8 Å². The van der Waals surface area contributed by atoms with Gasteiger partial charge in [-0.15, -0.1) is 0 Å². The van der Waals surface area contributed by atoms with E-state index in [1.807, 2.05) is 9.80 Å². The fraction of sp³-hybridized carbons (Fsp3) is 0.562. The number of hydrogen-bond donors (Lipinski definition) is 0. The molecule has 0 N–H and O–H groups in total. The predicted octanol–water partition coefficient (Wildman–Crippen LogP) is 1.71. The number of nitrogens with zero attached hydrogens (tertiary/aromatic N) is 3. The van der Waals surface area contributed by atoms with Crippen molar-refractivity contribution >= 4 is 11.6 Å².